The molecule has 1 aliphatic rings. The summed E-state index contributed by atoms with van der Waals surface area (Å²) in [5.41, 5.74) is 2.37. The van der Waals surface area contributed by atoms with Crippen LogP contribution in [0.3, 0.4) is 0 Å². The van der Waals surface area contributed by atoms with Crippen LogP contribution in [0.5, 0.6) is 0 Å². The fourth-order valence-electron chi connectivity index (χ4n) is 1.15. The lowest BCUT2D eigenvalue weighted by Crippen LogP contribution is -2.09. The van der Waals surface area contributed by atoms with Gasteiger partial charge in [-0.3, -0.25) is 0 Å². The Balaban J connectivity index is 2.52. The number of hydrogen-bond acceptors (Lipinski definition) is 2. The third-order valence-electron chi connectivity index (χ3n) is 1.75. The molecule has 0 saturated carbocycles. The fourth-order valence-corrected chi connectivity index (χ4v) is 1.50. The molecule has 0 fully saturated rings. The van der Waals surface area contributed by atoms with Crippen molar-refractivity contribution in [2.45, 2.75) is 0 Å². The Bertz CT molecular complexity index is 285. The van der Waals surface area contributed by atoms with Crippen LogP contribution in [0.2, 0.25) is 0 Å². The minimum atomic E-state index is 1.11. The van der Waals surface area contributed by atoms with E-state index in [0.717, 1.165) is 10.2 Å². The van der Waals surface area contributed by atoms with Crippen LogP contribution in [0.4, 0.5) is 11.4 Å². The summed E-state index contributed by atoms with van der Waals surface area (Å²) in [7, 11) is 2.02. The van der Waals surface area contributed by atoms with Crippen molar-refractivity contribution in [2.24, 2.45) is 0 Å². The summed E-state index contributed by atoms with van der Waals surface area (Å²) < 4.78 is 1.11. The quantitative estimate of drug-likeness (QED) is 0.710. The molecule has 0 amide bonds. The summed E-state index contributed by atoms with van der Waals surface area (Å²) in [5, 5.41) is 3.16. The second-order valence-corrected chi connectivity index (χ2v) is 3.46. The van der Waals surface area contributed by atoms with Gasteiger partial charge in [-0.1, -0.05) is 15.9 Å². The van der Waals surface area contributed by atoms with E-state index in [9.17, 15) is 0 Å². The molecule has 1 aromatic carbocycles. The summed E-state index contributed by atoms with van der Waals surface area (Å²) in [6, 6.07) is 6.17. The highest BCUT2D eigenvalue weighted by Crippen LogP contribution is 2.33. The van der Waals surface area contributed by atoms with Gasteiger partial charge in [0.15, 0.2) is 0 Å². The van der Waals surface area contributed by atoms with Gasteiger partial charge in [0.1, 0.15) is 6.67 Å². The Morgan fingerprint density at radius 1 is 1.45 bits per heavy atom. The lowest BCUT2D eigenvalue weighted by molar-refractivity contribution is 1.15. The predicted molar refractivity (Wildman–Crippen MR) is 50.5 cm³/mol. The standard InChI is InChI=1S/C8H8BrN2/c1-11-5-10-7-3-2-6(9)4-8(7)11/h2-5,10H,1H3. The maximum absolute atomic E-state index is 3.42. The molecule has 0 aromatic heterocycles. The van der Waals surface area contributed by atoms with E-state index in [-0.39, 0.29) is 0 Å². The molecule has 2 nitrogen and oxygen atoms in total. The van der Waals surface area contributed by atoms with Gasteiger partial charge in [-0.15, -0.1) is 0 Å². The average Bonchev–Trinajstić information content (AvgIpc) is 2.33. The molecule has 0 aliphatic carbocycles. The van der Waals surface area contributed by atoms with Gasteiger partial charge in [-0.2, -0.15) is 0 Å². The predicted octanol–water partition coefficient (Wildman–Crippen LogP) is 2.43. The molecule has 0 bridgehead atoms. The molecule has 1 radical (unpaired) electrons. The highest BCUT2D eigenvalue weighted by molar-refractivity contribution is 9.10. The number of benzene rings is 1. The molecule has 0 spiro atoms. The van der Waals surface area contributed by atoms with Crippen molar-refractivity contribution in [2.75, 3.05) is 17.3 Å². The van der Waals surface area contributed by atoms with Crippen molar-refractivity contribution in [1.82, 2.24) is 0 Å². The van der Waals surface area contributed by atoms with Crippen molar-refractivity contribution in [3.63, 3.8) is 0 Å². The fraction of sp³-hybridized carbons (Fsp3) is 0.125. The Morgan fingerprint density at radius 2 is 2.27 bits per heavy atom. The van der Waals surface area contributed by atoms with Crippen LogP contribution in [0, 0.1) is 6.67 Å². The first-order valence-electron chi connectivity index (χ1n) is 3.39. The monoisotopic (exact) mass is 211 g/mol. The first kappa shape index (κ1) is 6.98. The number of fused-ring (bicyclic) bond motifs is 1. The van der Waals surface area contributed by atoms with E-state index in [1.165, 1.54) is 5.69 Å². The van der Waals surface area contributed by atoms with Crippen LogP contribution in [0.1, 0.15) is 0 Å². The van der Waals surface area contributed by atoms with Gasteiger partial charge >= 0.3 is 0 Å². The summed E-state index contributed by atoms with van der Waals surface area (Å²) in [4.78, 5) is 2.06. The van der Waals surface area contributed by atoms with Gasteiger partial charge < -0.3 is 10.2 Å². The first-order chi connectivity index (χ1) is 5.27. The highest BCUT2D eigenvalue weighted by atomic mass is 79.9. The molecule has 0 unspecified atom stereocenters. The van der Waals surface area contributed by atoms with Crippen molar-refractivity contribution < 1.29 is 0 Å². The third kappa shape index (κ3) is 1.09. The van der Waals surface area contributed by atoms with Gasteiger partial charge in [0.25, 0.3) is 0 Å². The summed E-state index contributed by atoms with van der Waals surface area (Å²) >= 11 is 3.42. The van der Waals surface area contributed by atoms with E-state index < -0.39 is 0 Å². The van der Waals surface area contributed by atoms with Crippen LogP contribution in [-0.2, 0) is 0 Å². The number of halogens is 1. The summed E-state index contributed by atoms with van der Waals surface area (Å²) in [5.74, 6) is 0. The maximum Gasteiger partial charge on any atom is 0.139 e. The van der Waals surface area contributed by atoms with Crippen molar-refractivity contribution >= 4 is 27.3 Å². The Labute approximate surface area is 74.3 Å². The van der Waals surface area contributed by atoms with Gasteiger partial charge in [-0.05, 0) is 18.2 Å². The van der Waals surface area contributed by atoms with Crippen molar-refractivity contribution in [3.05, 3.63) is 29.3 Å². The smallest absolute Gasteiger partial charge is 0.139 e. The summed E-state index contributed by atoms with van der Waals surface area (Å²) in [6.45, 7) is 1.94. The molecule has 57 valence electrons. The Kier molecular flexibility index (Phi) is 1.53. The largest absolute Gasteiger partial charge is 0.360 e. The number of rotatable bonds is 0. The molecule has 0 atom stereocenters. The second kappa shape index (κ2) is 2.41. The van der Waals surface area contributed by atoms with Crippen LogP contribution >= 0.6 is 15.9 Å². The Morgan fingerprint density at radius 3 is 3.09 bits per heavy atom. The molecule has 1 N–H and O–H groups in total. The molecule has 2 rings (SSSR count). The molecule has 3 heteroatoms. The zero-order valence-corrected chi connectivity index (χ0v) is 7.72. The van der Waals surface area contributed by atoms with E-state index in [1.807, 2.05) is 19.8 Å². The minimum Gasteiger partial charge on any atom is -0.360 e. The molecule has 1 aromatic rings. The third-order valence-corrected chi connectivity index (χ3v) is 2.25. The molecule has 1 heterocycles. The highest BCUT2D eigenvalue weighted by Gasteiger charge is 2.14. The number of hydrogen-bond donors (Lipinski definition) is 1. The van der Waals surface area contributed by atoms with Crippen LogP contribution in [0.15, 0.2) is 22.7 Å². The van der Waals surface area contributed by atoms with E-state index in [2.05, 4.69) is 38.3 Å². The van der Waals surface area contributed by atoms with E-state index in [1.54, 1.807) is 0 Å². The van der Waals surface area contributed by atoms with Gasteiger partial charge in [-0.25, -0.2) is 0 Å². The van der Waals surface area contributed by atoms with Gasteiger partial charge in [0.05, 0.1) is 11.4 Å². The van der Waals surface area contributed by atoms with E-state index in [4.69, 9.17) is 0 Å². The normalized spacial score (nSPS) is 14.5. The van der Waals surface area contributed by atoms with Crippen molar-refractivity contribution in [1.29, 1.82) is 0 Å². The lowest BCUT2D eigenvalue weighted by atomic mass is 10.3. The van der Waals surface area contributed by atoms with Gasteiger partial charge in [0, 0.05) is 11.5 Å². The molecule has 1 aliphatic heterocycles. The van der Waals surface area contributed by atoms with Crippen LogP contribution in [-0.4, -0.2) is 7.05 Å². The second-order valence-electron chi connectivity index (χ2n) is 2.55. The SMILES string of the molecule is CN1[CH]Nc2ccc(Br)cc21. The average molecular weight is 212 g/mol. The molecular formula is C8H8BrN2. The number of anilines is 2. The number of nitrogens with one attached hydrogen (secondary N) is 1. The minimum absolute atomic E-state index is 1.11. The zero-order chi connectivity index (χ0) is 7.84. The Hall–Kier alpha value is -0.700. The molecular weight excluding hydrogens is 204 g/mol. The van der Waals surface area contributed by atoms with E-state index >= 15 is 0 Å². The molecule has 11 heavy (non-hydrogen) atoms. The first-order valence-corrected chi connectivity index (χ1v) is 4.19. The maximum atomic E-state index is 3.42. The van der Waals surface area contributed by atoms with Crippen LogP contribution in [0.25, 0.3) is 0 Å². The van der Waals surface area contributed by atoms with Crippen molar-refractivity contribution in [3.8, 4) is 0 Å². The lowest BCUT2D eigenvalue weighted by Gasteiger charge is -2.08. The van der Waals surface area contributed by atoms with E-state index in [0.29, 0.717) is 0 Å². The molecule has 0 saturated heterocycles. The van der Waals surface area contributed by atoms with Crippen LogP contribution < -0.4 is 10.2 Å². The summed E-state index contributed by atoms with van der Waals surface area (Å²) in [6.07, 6.45) is 0. The number of nitrogens with zero attached hydrogens (tertiary/aromatic N) is 1. The topological polar surface area (TPSA) is 15.3 Å². The zero-order valence-electron chi connectivity index (χ0n) is 6.13. The van der Waals surface area contributed by atoms with Gasteiger partial charge in [0.2, 0.25) is 0 Å².